The van der Waals surface area contributed by atoms with Crippen LogP contribution in [0.15, 0.2) is 49.1 Å². The van der Waals surface area contributed by atoms with Gasteiger partial charge in [0.2, 0.25) is 0 Å². The molecule has 0 unspecified atom stereocenters. The maximum absolute atomic E-state index is 11.5. The minimum Gasteiger partial charge on any atom is -0.469 e. The van der Waals surface area contributed by atoms with Gasteiger partial charge in [0.25, 0.3) is 0 Å². The van der Waals surface area contributed by atoms with E-state index in [4.69, 9.17) is 0 Å². The second-order valence-electron chi connectivity index (χ2n) is 4.27. The zero-order chi connectivity index (χ0) is 15.1. The number of rotatable bonds is 11. The van der Waals surface area contributed by atoms with E-state index in [2.05, 4.69) is 17.4 Å². The van der Waals surface area contributed by atoms with Crippen LogP contribution in [-0.4, -0.2) is 18.9 Å². The Kier molecular flexibility index (Phi) is 12.2. The molecule has 0 saturated carbocycles. The fourth-order valence-electron chi connectivity index (χ4n) is 1.44. The van der Waals surface area contributed by atoms with Crippen LogP contribution < -0.4 is 0 Å². The summed E-state index contributed by atoms with van der Waals surface area (Å²) in [6.45, 7) is 3.63. The molecule has 0 aromatic rings. The van der Waals surface area contributed by atoms with E-state index in [1.807, 2.05) is 24.3 Å². The predicted molar refractivity (Wildman–Crippen MR) is 82.3 cm³/mol. The number of methoxy groups -OCH3 is 1. The van der Waals surface area contributed by atoms with Gasteiger partial charge in [-0.05, 0) is 31.8 Å². The lowest BCUT2D eigenvalue weighted by molar-refractivity contribution is -0.140. The monoisotopic (exact) mass is 276 g/mol. The maximum Gasteiger partial charge on any atom is 0.305 e. The minimum absolute atomic E-state index is 0.0849. The highest BCUT2D eigenvalue weighted by Crippen LogP contribution is 2.02. The van der Waals surface area contributed by atoms with Crippen molar-refractivity contribution in [3.8, 4) is 0 Å². The molecular formula is C17H24O3. The molecule has 0 aliphatic heterocycles. The summed E-state index contributed by atoms with van der Waals surface area (Å²) < 4.78 is 4.53. The molecule has 0 rings (SSSR count). The summed E-state index contributed by atoms with van der Waals surface area (Å²) in [7, 11) is 1.37. The average Bonchev–Trinajstić information content (AvgIpc) is 2.46. The van der Waals surface area contributed by atoms with Crippen LogP contribution in [0.3, 0.4) is 0 Å². The fraction of sp³-hybridized carbons (Fsp3) is 0.412. The molecule has 0 saturated heterocycles. The third-order valence-electron chi connectivity index (χ3n) is 2.55. The van der Waals surface area contributed by atoms with Gasteiger partial charge in [0.1, 0.15) is 0 Å². The van der Waals surface area contributed by atoms with Gasteiger partial charge in [0.05, 0.1) is 7.11 Å². The van der Waals surface area contributed by atoms with Crippen molar-refractivity contribution in [2.45, 2.75) is 38.5 Å². The van der Waals surface area contributed by atoms with Crippen LogP contribution >= 0.6 is 0 Å². The first-order valence-electron chi connectivity index (χ1n) is 6.89. The smallest absolute Gasteiger partial charge is 0.305 e. The molecule has 0 aromatic heterocycles. The van der Waals surface area contributed by atoms with Crippen molar-refractivity contribution in [3.05, 3.63) is 49.1 Å². The van der Waals surface area contributed by atoms with E-state index >= 15 is 0 Å². The van der Waals surface area contributed by atoms with E-state index < -0.39 is 0 Å². The molecule has 0 amide bonds. The van der Waals surface area contributed by atoms with Crippen LogP contribution in [0, 0.1) is 0 Å². The molecule has 0 fully saturated rings. The van der Waals surface area contributed by atoms with Crippen LogP contribution in [0.4, 0.5) is 0 Å². The second-order valence-corrected chi connectivity index (χ2v) is 4.27. The molecule has 3 nitrogen and oxygen atoms in total. The topological polar surface area (TPSA) is 43.4 Å². The third kappa shape index (κ3) is 12.6. The lowest BCUT2D eigenvalue weighted by Crippen LogP contribution is -2.00. The standard InChI is InChI=1S/C17H24O3/c1-3-4-5-6-7-8-9-10-13-16(18)14-11-12-15-17(19)20-2/h3,5-6,8-10,13H,1,4,7,11-12,14-15H2,2H3. The van der Waals surface area contributed by atoms with Gasteiger partial charge in [-0.1, -0.05) is 36.5 Å². The van der Waals surface area contributed by atoms with Gasteiger partial charge in [0.15, 0.2) is 5.78 Å². The molecule has 0 radical (unpaired) electrons. The number of unbranched alkanes of at least 4 members (excludes halogenated alkanes) is 1. The molecular weight excluding hydrogens is 252 g/mol. The quantitative estimate of drug-likeness (QED) is 0.189. The van der Waals surface area contributed by atoms with Crippen molar-refractivity contribution < 1.29 is 14.3 Å². The van der Waals surface area contributed by atoms with Gasteiger partial charge in [-0.25, -0.2) is 0 Å². The third-order valence-corrected chi connectivity index (χ3v) is 2.55. The Morgan fingerprint density at radius 1 is 1.00 bits per heavy atom. The summed E-state index contributed by atoms with van der Waals surface area (Å²) in [5.41, 5.74) is 0. The highest BCUT2D eigenvalue weighted by molar-refractivity contribution is 5.89. The molecule has 3 heteroatoms. The SMILES string of the molecule is C=CCC=CCC=CC=CC(=O)CCCCC(=O)OC. The van der Waals surface area contributed by atoms with Crippen molar-refractivity contribution in [1.29, 1.82) is 0 Å². The van der Waals surface area contributed by atoms with Crippen molar-refractivity contribution in [1.82, 2.24) is 0 Å². The van der Waals surface area contributed by atoms with E-state index in [0.717, 1.165) is 12.8 Å². The average molecular weight is 276 g/mol. The molecule has 20 heavy (non-hydrogen) atoms. The number of allylic oxidation sites excluding steroid dienone is 7. The number of hydrogen-bond acceptors (Lipinski definition) is 3. The summed E-state index contributed by atoms with van der Waals surface area (Å²) >= 11 is 0. The van der Waals surface area contributed by atoms with Crippen molar-refractivity contribution in [3.63, 3.8) is 0 Å². The van der Waals surface area contributed by atoms with Gasteiger partial charge in [0, 0.05) is 12.8 Å². The zero-order valence-corrected chi connectivity index (χ0v) is 12.2. The van der Waals surface area contributed by atoms with Crippen molar-refractivity contribution in [2.24, 2.45) is 0 Å². The highest BCUT2D eigenvalue weighted by Gasteiger charge is 2.01. The Bertz CT molecular complexity index is 376. The Morgan fingerprint density at radius 3 is 2.40 bits per heavy atom. The number of ketones is 1. The molecule has 0 spiro atoms. The normalized spacial score (nSPS) is 11.4. The summed E-state index contributed by atoms with van der Waals surface area (Å²) in [5, 5.41) is 0. The van der Waals surface area contributed by atoms with E-state index in [1.54, 1.807) is 12.2 Å². The minimum atomic E-state index is -0.222. The van der Waals surface area contributed by atoms with E-state index in [1.165, 1.54) is 7.11 Å². The molecule has 0 aliphatic rings. The van der Waals surface area contributed by atoms with Crippen LogP contribution in [-0.2, 0) is 14.3 Å². The Morgan fingerprint density at radius 2 is 1.70 bits per heavy atom. The maximum atomic E-state index is 11.5. The van der Waals surface area contributed by atoms with Gasteiger partial charge in [-0.3, -0.25) is 9.59 Å². The summed E-state index contributed by atoms with van der Waals surface area (Å²) in [6.07, 6.45) is 17.1. The van der Waals surface area contributed by atoms with Crippen molar-refractivity contribution in [2.75, 3.05) is 7.11 Å². The van der Waals surface area contributed by atoms with Gasteiger partial charge < -0.3 is 4.74 Å². The predicted octanol–water partition coefficient (Wildman–Crippen LogP) is 3.92. The first kappa shape index (κ1) is 18.1. The zero-order valence-electron chi connectivity index (χ0n) is 12.2. The van der Waals surface area contributed by atoms with E-state index in [9.17, 15) is 9.59 Å². The van der Waals surface area contributed by atoms with Crippen molar-refractivity contribution >= 4 is 11.8 Å². The molecule has 0 atom stereocenters. The fourth-order valence-corrected chi connectivity index (χ4v) is 1.44. The first-order chi connectivity index (χ1) is 9.70. The lowest BCUT2D eigenvalue weighted by atomic mass is 10.1. The summed E-state index contributed by atoms with van der Waals surface area (Å²) in [6, 6.07) is 0. The molecule has 0 heterocycles. The first-order valence-corrected chi connectivity index (χ1v) is 6.89. The van der Waals surface area contributed by atoms with Crippen LogP contribution in [0.25, 0.3) is 0 Å². The van der Waals surface area contributed by atoms with Gasteiger partial charge in [-0.2, -0.15) is 0 Å². The Labute approximate surface area is 121 Å². The van der Waals surface area contributed by atoms with Crippen LogP contribution in [0.2, 0.25) is 0 Å². The van der Waals surface area contributed by atoms with Gasteiger partial charge >= 0.3 is 5.97 Å². The number of hydrogen-bond donors (Lipinski definition) is 0. The number of esters is 1. The molecule has 0 aliphatic carbocycles. The molecule has 0 bridgehead atoms. The summed E-state index contributed by atoms with van der Waals surface area (Å²) in [4.78, 5) is 22.3. The highest BCUT2D eigenvalue weighted by atomic mass is 16.5. The number of carbonyl (C=O) groups excluding carboxylic acids is 2. The van der Waals surface area contributed by atoms with E-state index in [-0.39, 0.29) is 11.8 Å². The second kappa shape index (κ2) is 13.5. The number of carbonyl (C=O) groups is 2. The Hall–Kier alpha value is -1.90. The molecule has 110 valence electrons. The van der Waals surface area contributed by atoms with Crippen LogP contribution in [0.5, 0.6) is 0 Å². The van der Waals surface area contributed by atoms with E-state index in [0.29, 0.717) is 25.7 Å². The summed E-state index contributed by atoms with van der Waals surface area (Å²) in [5.74, 6) is -0.137. The number of ether oxygens (including phenoxy) is 1. The largest absolute Gasteiger partial charge is 0.469 e. The lowest BCUT2D eigenvalue weighted by Gasteiger charge is -1.97. The molecule has 0 aromatic carbocycles. The van der Waals surface area contributed by atoms with Crippen LogP contribution in [0.1, 0.15) is 38.5 Å². The Balaban J connectivity index is 3.64. The van der Waals surface area contributed by atoms with Gasteiger partial charge in [-0.15, -0.1) is 6.58 Å². The molecule has 0 N–H and O–H groups in total.